The van der Waals surface area contributed by atoms with Crippen molar-refractivity contribution < 1.29 is 19.1 Å². The SMILES string of the molecule is COC(=O)CCC(=O)N1CCC(NC(=O)CC(C)C)CC1. The molecule has 21 heavy (non-hydrogen) atoms. The van der Waals surface area contributed by atoms with E-state index in [2.05, 4.69) is 10.1 Å². The van der Waals surface area contributed by atoms with Crippen LogP contribution in [0, 0.1) is 5.92 Å². The number of carbonyl (C=O) groups excluding carboxylic acids is 3. The molecule has 120 valence electrons. The molecule has 0 unspecified atom stereocenters. The molecule has 1 aliphatic heterocycles. The van der Waals surface area contributed by atoms with Crippen molar-refractivity contribution in [3.8, 4) is 0 Å². The number of nitrogens with one attached hydrogen (secondary N) is 1. The Balaban J connectivity index is 2.26. The van der Waals surface area contributed by atoms with Crippen molar-refractivity contribution >= 4 is 17.8 Å². The van der Waals surface area contributed by atoms with Gasteiger partial charge in [0.1, 0.15) is 0 Å². The number of amides is 2. The van der Waals surface area contributed by atoms with Gasteiger partial charge >= 0.3 is 5.97 Å². The van der Waals surface area contributed by atoms with E-state index in [4.69, 9.17) is 0 Å². The fraction of sp³-hybridized carbons (Fsp3) is 0.800. The highest BCUT2D eigenvalue weighted by Gasteiger charge is 2.24. The minimum Gasteiger partial charge on any atom is -0.469 e. The van der Waals surface area contributed by atoms with Gasteiger partial charge in [-0.3, -0.25) is 14.4 Å². The highest BCUT2D eigenvalue weighted by Crippen LogP contribution is 2.13. The summed E-state index contributed by atoms with van der Waals surface area (Å²) in [4.78, 5) is 36.4. The molecular formula is C15H26N2O4. The second-order valence-corrected chi connectivity index (χ2v) is 5.90. The lowest BCUT2D eigenvalue weighted by atomic mass is 10.0. The summed E-state index contributed by atoms with van der Waals surface area (Å²) in [5.41, 5.74) is 0. The molecule has 1 fully saturated rings. The number of methoxy groups -OCH3 is 1. The third-order valence-electron chi connectivity index (χ3n) is 3.58. The number of nitrogens with zero attached hydrogens (tertiary/aromatic N) is 1. The Morgan fingerprint density at radius 1 is 1.19 bits per heavy atom. The molecule has 6 heteroatoms. The van der Waals surface area contributed by atoms with Crippen LogP contribution < -0.4 is 5.32 Å². The van der Waals surface area contributed by atoms with Crippen LogP contribution in [0.2, 0.25) is 0 Å². The van der Waals surface area contributed by atoms with Crippen LogP contribution in [0.25, 0.3) is 0 Å². The number of likely N-dealkylation sites (tertiary alicyclic amines) is 1. The van der Waals surface area contributed by atoms with Crippen molar-refractivity contribution in [3.05, 3.63) is 0 Å². The van der Waals surface area contributed by atoms with Gasteiger partial charge in [-0.25, -0.2) is 0 Å². The van der Waals surface area contributed by atoms with Crippen molar-refractivity contribution in [3.63, 3.8) is 0 Å². The normalized spacial score (nSPS) is 15.9. The third kappa shape index (κ3) is 6.60. The molecule has 1 heterocycles. The molecule has 1 aliphatic rings. The fourth-order valence-electron chi connectivity index (χ4n) is 2.40. The summed E-state index contributed by atoms with van der Waals surface area (Å²) in [6.07, 6.45) is 2.40. The summed E-state index contributed by atoms with van der Waals surface area (Å²) in [5.74, 6) is 0.0528. The number of ether oxygens (including phenoxy) is 1. The molecule has 2 amide bonds. The van der Waals surface area contributed by atoms with Crippen molar-refractivity contribution in [1.82, 2.24) is 10.2 Å². The van der Waals surface area contributed by atoms with Crippen LogP contribution in [0.4, 0.5) is 0 Å². The minimum absolute atomic E-state index is 0.0210. The van der Waals surface area contributed by atoms with Gasteiger partial charge in [0.25, 0.3) is 0 Å². The lowest BCUT2D eigenvalue weighted by molar-refractivity contribution is -0.144. The summed E-state index contributed by atoms with van der Waals surface area (Å²) in [6.45, 7) is 5.30. The smallest absolute Gasteiger partial charge is 0.306 e. The predicted octanol–water partition coefficient (Wildman–Crippen LogP) is 1.09. The van der Waals surface area contributed by atoms with Crippen molar-refractivity contribution in [2.75, 3.05) is 20.2 Å². The Hall–Kier alpha value is -1.59. The molecule has 0 radical (unpaired) electrons. The minimum atomic E-state index is -0.362. The molecular weight excluding hydrogens is 272 g/mol. The average Bonchev–Trinajstić information content (AvgIpc) is 2.44. The second-order valence-electron chi connectivity index (χ2n) is 5.90. The van der Waals surface area contributed by atoms with E-state index in [1.54, 1.807) is 4.90 Å². The van der Waals surface area contributed by atoms with Gasteiger partial charge in [-0.2, -0.15) is 0 Å². The number of carbonyl (C=O) groups is 3. The van der Waals surface area contributed by atoms with E-state index in [1.807, 2.05) is 13.8 Å². The number of rotatable bonds is 6. The van der Waals surface area contributed by atoms with Gasteiger partial charge in [0.15, 0.2) is 0 Å². The first-order valence-electron chi connectivity index (χ1n) is 7.56. The maximum absolute atomic E-state index is 11.9. The van der Waals surface area contributed by atoms with Gasteiger partial charge in [-0.05, 0) is 18.8 Å². The Morgan fingerprint density at radius 3 is 2.33 bits per heavy atom. The summed E-state index contributed by atoms with van der Waals surface area (Å²) < 4.78 is 4.52. The summed E-state index contributed by atoms with van der Waals surface area (Å²) in [7, 11) is 1.32. The Bertz CT molecular complexity index is 374. The Labute approximate surface area is 126 Å². The van der Waals surface area contributed by atoms with Gasteiger partial charge in [-0.1, -0.05) is 13.8 Å². The number of hydrogen-bond donors (Lipinski definition) is 1. The molecule has 1 N–H and O–H groups in total. The highest BCUT2D eigenvalue weighted by molar-refractivity contribution is 5.81. The van der Waals surface area contributed by atoms with Crippen LogP contribution in [0.5, 0.6) is 0 Å². The van der Waals surface area contributed by atoms with Crippen molar-refractivity contribution in [1.29, 1.82) is 0 Å². The molecule has 0 aromatic carbocycles. The standard InChI is InChI=1S/C15H26N2O4/c1-11(2)10-13(18)16-12-6-8-17(9-7-12)14(19)4-5-15(20)21-3/h11-12H,4-10H2,1-3H3,(H,16,18). The van der Waals surface area contributed by atoms with E-state index in [0.29, 0.717) is 25.4 Å². The lowest BCUT2D eigenvalue weighted by Crippen LogP contribution is -2.46. The van der Waals surface area contributed by atoms with Crippen LogP contribution in [0.15, 0.2) is 0 Å². The van der Waals surface area contributed by atoms with E-state index in [1.165, 1.54) is 7.11 Å². The monoisotopic (exact) mass is 298 g/mol. The predicted molar refractivity (Wildman–Crippen MR) is 78.4 cm³/mol. The summed E-state index contributed by atoms with van der Waals surface area (Å²) in [6, 6.07) is 0.154. The highest BCUT2D eigenvalue weighted by atomic mass is 16.5. The van der Waals surface area contributed by atoms with E-state index >= 15 is 0 Å². The van der Waals surface area contributed by atoms with Crippen LogP contribution in [-0.4, -0.2) is 48.9 Å². The largest absolute Gasteiger partial charge is 0.469 e. The van der Waals surface area contributed by atoms with Gasteiger partial charge in [-0.15, -0.1) is 0 Å². The van der Waals surface area contributed by atoms with E-state index in [-0.39, 0.29) is 36.7 Å². The quantitative estimate of drug-likeness (QED) is 0.745. The maximum atomic E-state index is 11.9. The van der Waals surface area contributed by atoms with Gasteiger partial charge in [0.05, 0.1) is 13.5 Å². The van der Waals surface area contributed by atoms with Crippen LogP contribution in [0.1, 0.15) is 46.0 Å². The van der Waals surface area contributed by atoms with Gasteiger partial charge in [0.2, 0.25) is 11.8 Å². The van der Waals surface area contributed by atoms with E-state index in [9.17, 15) is 14.4 Å². The Morgan fingerprint density at radius 2 is 1.81 bits per heavy atom. The average molecular weight is 298 g/mol. The zero-order valence-electron chi connectivity index (χ0n) is 13.2. The number of esters is 1. The van der Waals surface area contributed by atoms with Crippen LogP contribution in [0.3, 0.4) is 0 Å². The molecule has 0 aliphatic carbocycles. The molecule has 6 nitrogen and oxygen atoms in total. The molecule has 0 atom stereocenters. The van der Waals surface area contributed by atoms with Crippen LogP contribution >= 0.6 is 0 Å². The van der Waals surface area contributed by atoms with E-state index < -0.39 is 0 Å². The second kappa shape index (κ2) is 8.64. The topological polar surface area (TPSA) is 75.7 Å². The first kappa shape index (κ1) is 17.5. The first-order chi connectivity index (χ1) is 9.92. The molecule has 0 aromatic heterocycles. The Kier molecular flexibility index (Phi) is 7.19. The lowest BCUT2D eigenvalue weighted by Gasteiger charge is -2.32. The summed E-state index contributed by atoms with van der Waals surface area (Å²) >= 11 is 0. The molecule has 1 saturated heterocycles. The number of hydrogen-bond acceptors (Lipinski definition) is 4. The molecule has 0 spiro atoms. The third-order valence-corrected chi connectivity index (χ3v) is 3.58. The zero-order valence-corrected chi connectivity index (χ0v) is 13.2. The molecule has 1 rings (SSSR count). The van der Waals surface area contributed by atoms with Crippen molar-refractivity contribution in [2.24, 2.45) is 5.92 Å². The maximum Gasteiger partial charge on any atom is 0.306 e. The van der Waals surface area contributed by atoms with Crippen LogP contribution in [-0.2, 0) is 19.1 Å². The van der Waals surface area contributed by atoms with Gasteiger partial charge in [0, 0.05) is 32.0 Å². The first-order valence-corrected chi connectivity index (χ1v) is 7.56. The molecule has 0 saturated carbocycles. The van der Waals surface area contributed by atoms with Crippen molar-refractivity contribution in [2.45, 2.75) is 52.0 Å². The molecule has 0 aromatic rings. The number of piperidine rings is 1. The molecule has 0 bridgehead atoms. The zero-order chi connectivity index (χ0) is 15.8. The summed E-state index contributed by atoms with van der Waals surface area (Å²) in [5, 5.41) is 3.02. The fourth-order valence-corrected chi connectivity index (χ4v) is 2.40. The van der Waals surface area contributed by atoms with E-state index in [0.717, 1.165) is 12.8 Å². The van der Waals surface area contributed by atoms with Gasteiger partial charge < -0.3 is 15.0 Å².